The highest BCUT2D eigenvalue weighted by Crippen LogP contribution is 2.34. The molecule has 3 heteroatoms. The van der Waals surface area contributed by atoms with Crippen molar-refractivity contribution in [1.82, 2.24) is 5.32 Å². The normalized spacial score (nSPS) is 19.4. The monoisotopic (exact) mass is 249 g/mol. The fraction of sp³-hybridized carbons (Fsp3) is 0.500. The van der Waals surface area contributed by atoms with Crippen molar-refractivity contribution in [2.24, 2.45) is 5.92 Å². The summed E-state index contributed by atoms with van der Waals surface area (Å²) in [4.78, 5) is 11.8. The van der Waals surface area contributed by atoms with Crippen LogP contribution in [-0.4, -0.2) is 17.7 Å². The number of hydrogen-bond donors (Lipinski definition) is 2. The Morgan fingerprint density at radius 3 is 2.82 bits per heavy atom. The van der Waals surface area contributed by atoms with Crippen LogP contribution in [0.5, 0.6) is 0 Å². The highest BCUT2D eigenvalue weighted by atomic mass is 32.1. The van der Waals surface area contributed by atoms with Gasteiger partial charge in [-0.15, -0.1) is 0 Å². The Labute approximate surface area is 108 Å². The van der Waals surface area contributed by atoms with Crippen LogP contribution in [0.3, 0.4) is 0 Å². The summed E-state index contributed by atoms with van der Waals surface area (Å²) in [6, 6.07) is 8.43. The smallest absolute Gasteiger partial charge is 0.233 e. The first-order valence-electron chi connectivity index (χ1n) is 6.13. The number of amides is 1. The third kappa shape index (κ3) is 2.65. The second-order valence-electron chi connectivity index (χ2n) is 5.03. The van der Waals surface area contributed by atoms with E-state index in [4.69, 9.17) is 0 Å². The Kier molecular flexibility index (Phi) is 3.77. The molecule has 1 aromatic rings. The third-order valence-corrected chi connectivity index (χ3v) is 4.21. The number of carbonyl (C=O) groups is 1. The average molecular weight is 249 g/mol. The molecule has 2 atom stereocenters. The predicted octanol–water partition coefficient (Wildman–Crippen LogP) is 2.40. The van der Waals surface area contributed by atoms with Crippen molar-refractivity contribution in [2.45, 2.75) is 31.4 Å². The first-order chi connectivity index (χ1) is 8.09. The van der Waals surface area contributed by atoms with Gasteiger partial charge >= 0.3 is 0 Å². The molecule has 2 rings (SSSR count). The molecule has 1 N–H and O–H groups in total. The summed E-state index contributed by atoms with van der Waals surface area (Å²) in [5, 5.41) is 2.79. The molecule has 0 saturated carbocycles. The van der Waals surface area contributed by atoms with Crippen molar-refractivity contribution >= 4 is 18.5 Å². The SMILES string of the molecule is CC(C)C(S)C(=O)NCC1Cc2ccccc21. The zero-order valence-corrected chi connectivity index (χ0v) is 11.2. The Morgan fingerprint density at radius 2 is 2.18 bits per heavy atom. The molecule has 0 saturated heterocycles. The molecule has 1 amide bonds. The second-order valence-corrected chi connectivity index (χ2v) is 5.59. The molecule has 17 heavy (non-hydrogen) atoms. The van der Waals surface area contributed by atoms with Crippen molar-refractivity contribution in [3.05, 3.63) is 35.4 Å². The van der Waals surface area contributed by atoms with Gasteiger partial charge in [0.15, 0.2) is 0 Å². The van der Waals surface area contributed by atoms with Crippen molar-refractivity contribution in [1.29, 1.82) is 0 Å². The molecular weight excluding hydrogens is 230 g/mol. The van der Waals surface area contributed by atoms with Crippen LogP contribution in [-0.2, 0) is 11.2 Å². The van der Waals surface area contributed by atoms with Crippen molar-refractivity contribution in [3.63, 3.8) is 0 Å². The average Bonchev–Trinajstić information content (AvgIpc) is 2.29. The zero-order valence-electron chi connectivity index (χ0n) is 10.3. The number of thiol groups is 1. The lowest BCUT2D eigenvalue weighted by Crippen LogP contribution is -2.39. The lowest BCUT2D eigenvalue weighted by Gasteiger charge is -2.30. The minimum Gasteiger partial charge on any atom is -0.355 e. The summed E-state index contributed by atoms with van der Waals surface area (Å²) in [7, 11) is 0. The van der Waals surface area contributed by atoms with E-state index in [-0.39, 0.29) is 17.1 Å². The Morgan fingerprint density at radius 1 is 1.47 bits per heavy atom. The topological polar surface area (TPSA) is 29.1 Å². The molecule has 1 aliphatic rings. The van der Waals surface area contributed by atoms with Gasteiger partial charge in [-0.05, 0) is 23.5 Å². The van der Waals surface area contributed by atoms with Gasteiger partial charge < -0.3 is 5.32 Å². The van der Waals surface area contributed by atoms with E-state index in [1.165, 1.54) is 11.1 Å². The van der Waals surface area contributed by atoms with Crippen molar-refractivity contribution < 1.29 is 4.79 Å². The summed E-state index contributed by atoms with van der Waals surface area (Å²) in [5.41, 5.74) is 2.80. The van der Waals surface area contributed by atoms with Gasteiger partial charge in [0, 0.05) is 12.5 Å². The lowest BCUT2D eigenvalue weighted by molar-refractivity contribution is -0.121. The second kappa shape index (κ2) is 5.13. The summed E-state index contributed by atoms with van der Waals surface area (Å²) < 4.78 is 0. The number of hydrogen-bond acceptors (Lipinski definition) is 2. The number of nitrogens with one attached hydrogen (secondary N) is 1. The number of benzene rings is 1. The zero-order chi connectivity index (χ0) is 12.4. The van der Waals surface area contributed by atoms with Gasteiger partial charge in [-0.25, -0.2) is 0 Å². The summed E-state index contributed by atoms with van der Waals surface area (Å²) in [6.07, 6.45) is 1.08. The third-order valence-electron chi connectivity index (χ3n) is 3.38. The van der Waals surface area contributed by atoms with E-state index in [1.54, 1.807) is 0 Å². The van der Waals surface area contributed by atoms with E-state index in [2.05, 4.69) is 42.2 Å². The van der Waals surface area contributed by atoms with Gasteiger partial charge in [0.2, 0.25) is 5.91 Å². The van der Waals surface area contributed by atoms with Crippen molar-refractivity contribution in [2.75, 3.05) is 6.54 Å². The molecule has 0 bridgehead atoms. The van der Waals surface area contributed by atoms with Crippen LogP contribution < -0.4 is 5.32 Å². The van der Waals surface area contributed by atoms with Crippen LogP contribution in [0.25, 0.3) is 0 Å². The maximum absolute atomic E-state index is 11.8. The van der Waals surface area contributed by atoms with Gasteiger partial charge in [0.05, 0.1) is 5.25 Å². The van der Waals surface area contributed by atoms with Gasteiger partial charge in [0.25, 0.3) is 0 Å². The highest BCUT2D eigenvalue weighted by Gasteiger charge is 2.26. The van der Waals surface area contributed by atoms with Crippen LogP contribution in [0.4, 0.5) is 0 Å². The van der Waals surface area contributed by atoms with Gasteiger partial charge in [0.1, 0.15) is 0 Å². The quantitative estimate of drug-likeness (QED) is 0.788. The largest absolute Gasteiger partial charge is 0.355 e. The molecule has 0 fully saturated rings. The molecule has 2 nitrogen and oxygen atoms in total. The first kappa shape index (κ1) is 12.5. The molecular formula is C14H19NOS. The molecule has 1 aromatic carbocycles. The van der Waals surface area contributed by atoms with E-state index in [1.807, 2.05) is 13.8 Å². The summed E-state index contributed by atoms with van der Waals surface area (Å²) in [6.45, 7) is 4.76. The summed E-state index contributed by atoms with van der Waals surface area (Å²) in [5.74, 6) is 0.808. The van der Waals surface area contributed by atoms with E-state index >= 15 is 0 Å². The van der Waals surface area contributed by atoms with Gasteiger partial charge in [-0.1, -0.05) is 38.1 Å². The number of carbonyl (C=O) groups excluding carboxylic acids is 1. The fourth-order valence-electron chi connectivity index (χ4n) is 2.18. The lowest BCUT2D eigenvalue weighted by atomic mass is 9.77. The minimum absolute atomic E-state index is 0.0488. The molecule has 0 aromatic heterocycles. The highest BCUT2D eigenvalue weighted by molar-refractivity contribution is 7.81. The molecule has 0 heterocycles. The molecule has 2 unspecified atom stereocenters. The molecule has 92 valence electrons. The Bertz CT molecular complexity index is 416. The fourth-order valence-corrected chi connectivity index (χ4v) is 2.27. The van der Waals surface area contributed by atoms with E-state index < -0.39 is 0 Å². The van der Waals surface area contributed by atoms with E-state index in [0.717, 1.165) is 13.0 Å². The number of rotatable bonds is 4. The van der Waals surface area contributed by atoms with Crippen LogP contribution in [0.15, 0.2) is 24.3 Å². The minimum atomic E-state index is -0.203. The van der Waals surface area contributed by atoms with E-state index in [9.17, 15) is 4.79 Å². The van der Waals surface area contributed by atoms with E-state index in [0.29, 0.717) is 5.92 Å². The van der Waals surface area contributed by atoms with Crippen molar-refractivity contribution in [3.8, 4) is 0 Å². The van der Waals surface area contributed by atoms with Crippen LogP contribution in [0, 0.1) is 5.92 Å². The molecule has 1 aliphatic carbocycles. The van der Waals surface area contributed by atoms with Crippen LogP contribution in [0.2, 0.25) is 0 Å². The Balaban J connectivity index is 1.84. The summed E-state index contributed by atoms with van der Waals surface area (Å²) >= 11 is 4.31. The Hall–Kier alpha value is -0.960. The molecule has 0 aliphatic heterocycles. The molecule has 0 spiro atoms. The standard InChI is InChI=1S/C14H19NOS/c1-9(2)13(17)14(16)15-8-11-7-10-5-3-4-6-12(10)11/h3-6,9,11,13,17H,7-8H2,1-2H3,(H,15,16). The van der Waals surface area contributed by atoms with Gasteiger partial charge in [-0.2, -0.15) is 12.6 Å². The van der Waals surface area contributed by atoms with Crippen LogP contribution in [0.1, 0.15) is 30.9 Å². The predicted molar refractivity (Wildman–Crippen MR) is 73.5 cm³/mol. The van der Waals surface area contributed by atoms with Gasteiger partial charge in [-0.3, -0.25) is 4.79 Å². The maximum Gasteiger partial charge on any atom is 0.233 e. The van der Waals surface area contributed by atoms with Crippen LogP contribution >= 0.6 is 12.6 Å². The number of fused-ring (bicyclic) bond motifs is 1. The molecule has 0 radical (unpaired) electrons. The maximum atomic E-state index is 11.8. The first-order valence-corrected chi connectivity index (χ1v) is 6.65.